The topological polar surface area (TPSA) is 54.0 Å². The molecule has 1 N–H and O–H groups in total. The minimum absolute atomic E-state index is 0.0379. The first kappa shape index (κ1) is 20.4. The SMILES string of the molecule is CNOC[C@H]1c2ccc(OC)cc2C(=O)N(CC(C)C)C1C1=CC=CN(C)C1. The molecule has 1 amide bonds. The van der Waals surface area contributed by atoms with E-state index in [9.17, 15) is 4.79 Å². The Bertz CT molecular complexity index is 772. The summed E-state index contributed by atoms with van der Waals surface area (Å²) in [6, 6.07) is 5.75. The number of ether oxygens (including phenoxy) is 1. The zero-order valence-electron chi connectivity index (χ0n) is 17.4. The van der Waals surface area contributed by atoms with Gasteiger partial charge in [0.25, 0.3) is 5.91 Å². The highest BCUT2D eigenvalue weighted by Gasteiger charge is 2.42. The molecule has 0 spiro atoms. The molecule has 0 radical (unpaired) electrons. The maximum Gasteiger partial charge on any atom is 0.254 e. The van der Waals surface area contributed by atoms with Crippen LogP contribution < -0.4 is 10.2 Å². The maximum absolute atomic E-state index is 13.5. The number of fused-ring (bicyclic) bond motifs is 1. The van der Waals surface area contributed by atoms with Crippen LogP contribution in [0, 0.1) is 5.92 Å². The summed E-state index contributed by atoms with van der Waals surface area (Å²) in [5.41, 5.74) is 5.75. The Morgan fingerprint density at radius 3 is 2.75 bits per heavy atom. The molecular weight excluding hydrogens is 354 g/mol. The maximum atomic E-state index is 13.5. The highest BCUT2D eigenvalue weighted by Crippen LogP contribution is 2.39. The largest absolute Gasteiger partial charge is 0.497 e. The average Bonchev–Trinajstić information content (AvgIpc) is 2.68. The van der Waals surface area contributed by atoms with Crippen LogP contribution in [0.3, 0.4) is 0 Å². The van der Waals surface area contributed by atoms with Crippen molar-refractivity contribution in [2.75, 3.05) is 40.9 Å². The number of nitrogens with one attached hydrogen (secondary N) is 1. The first-order valence-electron chi connectivity index (χ1n) is 9.81. The molecule has 0 aromatic heterocycles. The standard InChI is InChI=1S/C22H31N3O3/c1-15(2)12-25-21(16-7-6-10-24(4)13-16)20(14-28-23-3)18-9-8-17(27-5)11-19(18)22(25)26/h6-11,15,20-21,23H,12-14H2,1-5H3/t20-,21?/m0/s1. The number of hydrogen-bond donors (Lipinski definition) is 1. The van der Waals surface area contributed by atoms with E-state index in [2.05, 4.69) is 49.6 Å². The third kappa shape index (κ3) is 4.08. The van der Waals surface area contributed by atoms with Crippen LogP contribution in [-0.4, -0.2) is 62.7 Å². The zero-order valence-corrected chi connectivity index (χ0v) is 17.4. The van der Waals surface area contributed by atoms with Gasteiger partial charge in [0.15, 0.2) is 0 Å². The van der Waals surface area contributed by atoms with Crippen molar-refractivity contribution in [3.63, 3.8) is 0 Å². The van der Waals surface area contributed by atoms with Gasteiger partial charge in [-0.15, -0.1) is 0 Å². The molecule has 0 saturated heterocycles. The Labute approximate surface area is 167 Å². The van der Waals surface area contributed by atoms with Gasteiger partial charge in [-0.05, 0) is 41.5 Å². The fourth-order valence-corrected chi connectivity index (χ4v) is 4.14. The van der Waals surface area contributed by atoms with Crippen LogP contribution >= 0.6 is 0 Å². The van der Waals surface area contributed by atoms with E-state index in [1.54, 1.807) is 14.2 Å². The second-order valence-corrected chi connectivity index (χ2v) is 7.87. The van der Waals surface area contributed by atoms with Gasteiger partial charge in [-0.25, -0.2) is 5.48 Å². The van der Waals surface area contributed by atoms with Crippen LogP contribution in [0.15, 0.2) is 42.1 Å². The van der Waals surface area contributed by atoms with Crippen molar-refractivity contribution in [1.82, 2.24) is 15.3 Å². The first-order valence-corrected chi connectivity index (χ1v) is 9.81. The zero-order chi connectivity index (χ0) is 20.3. The van der Waals surface area contributed by atoms with Crippen molar-refractivity contribution >= 4 is 5.91 Å². The molecule has 0 saturated carbocycles. The monoisotopic (exact) mass is 385 g/mol. The number of rotatable bonds is 7. The molecule has 1 aromatic carbocycles. The molecule has 2 aliphatic heterocycles. The number of amides is 1. The molecule has 28 heavy (non-hydrogen) atoms. The number of carbonyl (C=O) groups is 1. The van der Waals surface area contributed by atoms with Gasteiger partial charge in [-0.3, -0.25) is 4.79 Å². The summed E-state index contributed by atoms with van der Waals surface area (Å²) < 4.78 is 5.38. The van der Waals surface area contributed by atoms with Crippen molar-refractivity contribution in [2.45, 2.75) is 25.8 Å². The third-order valence-corrected chi connectivity index (χ3v) is 5.30. The molecule has 2 atom stereocenters. The van der Waals surface area contributed by atoms with Gasteiger partial charge in [0.05, 0.1) is 19.8 Å². The molecule has 3 rings (SSSR count). The number of benzene rings is 1. The van der Waals surface area contributed by atoms with Gasteiger partial charge in [-0.2, -0.15) is 0 Å². The van der Waals surface area contributed by atoms with Crippen molar-refractivity contribution < 1.29 is 14.4 Å². The summed E-state index contributed by atoms with van der Waals surface area (Å²) in [6.45, 7) is 6.26. The Morgan fingerprint density at radius 1 is 1.32 bits per heavy atom. The Kier molecular flexibility index (Phi) is 6.42. The van der Waals surface area contributed by atoms with Crippen molar-refractivity contribution in [1.29, 1.82) is 0 Å². The van der Waals surface area contributed by atoms with Crippen LogP contribution in [0.25, 0.3) is 0 Å². The quantitative estimate of drug-likeness (QED) is 0.732. The Balaban J connectivity index is 2.12. The van der Waals surface area contributed by atoms with Crippen LogP contribution in [0.2, 0.25) is 0 Å². The predicted molar refractivity (Wildman–Crippen MR) is 110 cm³/mol. The number of allylic oxidation sites excluding steroid dienone is 2. The van der Waals surface area contributed by atoms with E-state index >= 15 is 0 Å². The van der Waals surface area contributed by atoms with Crippen LogP contribution in [0.5, 0.6) is 5.75 Å². The van der Waals surface area contributed by atoms with Crippen molar-refractivity contribution in [2.24, 2.45) is 5.92 Å². The minimum Gasteiger partial charge on any atom is -0.497 e. The molecule has 0 bridgehead atoms. The third-order valence-electron chi connectivity index (χ3n) is 5.30. The molecular formula is C22H31N3O3. The molecule has 6 nitrogen and oxygen atoms in total. The van der Waals surface area contributed by atoms with Gasteiger partial charge in [-0.1, -0.05) is 26.0 Å². The second-order valence-electron chi connectivity index (χ2n) is 7.87. The number of likely N-dealkylation sites (N-methyl/N-ethyl adjacent to an activating group) is 1. The van der Waals surface area contributed by atoms with Crippen molar-refractivity contribution in [3.05, 3.63) is 53.3 Å². The lowest BCUT2D eigenvalue weighted by Gasteiger charge is -2.45. The van der Waals surface area contributed by atoms with Gasteiger partial charge >= 0.3 is 0 Å². The number of hydroxylamine groups is 1. The van der Waals surface area contributed by atoms with E-state index in [0.29, 0.717) is 30.4 Å². The van der Waals surface area contributed by atoms with Gasteiger partial charge in [0, 0.05) is 38.7 Å². The first-order chi connectivity index (χ1) is 13.5. The van der Waals surface area contributed by atoms with Crippen LogP contribution in [0.1, 0.15) is 35.7 Å². The summed E-state index contributed by atoms with van der Waals surface area (Å²) in [7, 11) is 5.44. The summed E-state index contributed by atoms with van der Waals surface area (Å²) in [5.74, 6) is 1.16. The van der Waals surface area contributed by atoms with Gasteiger partial charge in [0.1, 0.15) is 5.75 Å². The molecule has 0 fully saturated rings. The highest BCUT2D eigenvalue weighted by atomic mass is 16.6. The lowest BCUT2D eigenvalue weighted by molar-refractivity contribution is 0.0219. The second kappa shape index (κ2) is 8.80. The molecule has 2 heterocycles. The molecule has 2 aliphatic rings. The lowest BCUT2D eigenvalue weighted by Crippen LogP contribution is -2.53. The summed E-state index contributed by atoms with van der Waals surface area (Å²) >= 11 is 0. The van der Waals surface area contributed by atoms with E-state index < -0.39 is 0 Å². The summed E-state index contributed by atoms with van der Waals surface area (Å²) in [6.07, 6.45) is 6.25. The molecule has 6 heteroatoms. The number of carbonyl (C=O) groups excluding carboxylic acids is 1. The summed E-state index contributed by atoms with van der Waals surface area (Å²) in [4.78, 5) is 23.3. The molecule has 0 aliphatic carbocycles. The van der Waals surface area contributed by atoms with E-state index in [1.807, 2.05) is 23.1 Å². The van der Waals surface area contributed by atoms with E-state index in [4.69, 9.17) is 9.57 Å². The number of hydrogen-bond acceptors (Lipinski definition) is 5. The fraction of sp³-hybridized carbons (Fsp3) is 0.500. The van der Waals surface area contributed by atoms with Gasteiger partial charge in [0.2, 0.25) is 0 Å². The minimum atomic E-state index is -0.0449. The normalized spacial score (nSPS) is 21.8. The van der Waals surface area contributed by atoms with Crippen LogP contribution in [0.4, 0.5) is 0 Å². The lowest BCUT2D eigenvalue weighted by atomic mass is 9.79. The van der Waals surface area contributed by atoms with Gasteiger partial charge < -0.3 is 19.4 Å². The predicted octanol–water partition coefficient (Wildman–Crippen LogP) is 2.80. The fourth-order valence-electron chi connectivity index (χ4n) is 4.14. The smallest absolute Gasteiger partial charge is 0.254 e. The van der Waals surface area contributed by atoms with Crippen LogP contribution in [-0.2, 0) is 4.84 Å². The molecule has 1 unspecified atom stereocenters. The Hall–Kier alpha value is -2.31. The number of methoxy groups -OCH3 is 1. The Morgan fingerprint density at radius 2 is 2.11 bits per heavy atom. The highest BCUT2D eigenvalue weighted by molar-refractivity contribution is 5.98. The molecule has 152 valence electrons. The molecule has 1 aromatic rings. The van der Waals surface area contributed by atoms with E-state index in [-0.39, 0.29) is 17.9 Å². The van der Waals surface area contributed by atoms with E-state index in [1.165, 1.54) is 5.57 Å². The van der Waals surface area contributed by atoms with E-state index in [0.717, 1.165) is 12.1 Å². The number of nitrogens with zero attached hydrogens (tertiary/aromatic N) is 2. The average molecular weight is 386 g/mol. The summed E-state index contributed by atoms with van der Waals surface area (Å²) in [5, 5.41) is 0. The van der Waals surface area contributed by atoms with Crippen molar-refractivity contribution in [3.8, 4) is 5.75 Å².